The molecular weight excluding hydrogens is 438 g/mol. The first kappa shape index (κ1) is 23.5. The van der Waals surface area contributed by atoms with Gasteiger partial charge in [0.2, 0.25) is 6.79 Å². The SMILES string of the molecule is COc1cc(C(=O)OCC(=O)NCc2ccc3c(c2)OCO3)cc(Cl)c1OCCC(C)C. The molecule has 172 valence electrons. The lowest BCUT2D eigenvalue weighted by Gasteiger charge is -2.14. The number of amides is 1. The summed E-state index contributed by atoms with van der Waals surface area (Å²) in [5, 5.41) is 2.92. The summed E-state index contributed by atoms with van der Waals surface area (Å²) in [7, 11) is 1.46. The van der Waals surface area contributed by atoms with Gasteiger partial charge in [-0.25, -0.2) is 4.79 Å². The molecular formula is C23H26ClNO7. The smallest absolute Gasteiger partial charge is 0.338 e. The van der Waals surface area contributed by atoms with Crippen LogP contribution in [0.2, 0.25) is 5.02 Å². The summed E-state index contributed by atoms with van der Waals surface area (Å²) < 4.78 is 26.7. The highest BCUT2D eigenvalue weighted by molar-refractivity contribution is 6.32. The molecule has 0 spiro atoms. The van der Waals surface area contributed by atoms with Crippen LogP contribution < -0.4 is 24.3 Å². The molecule has 2 aromatic rings. The van der Waals surface area contributed by atoms with Crippen molar-refractivity contribution in [2.75, 3.05) is 27.1 Å². The molecule has 1 amide bonds. The summed E-state index contributed by atoms with van der Waals surface area (Å²) in [5.41, 5.74) is 0.991. The van der Waals surface area contributed by atoms with Crippen LogP contribution in [0.5, 0.6) is 23.0 Å². The molecule has 1 N–H and O–H groups in total. The number of hydrogen-bond acceptors (Lipinski definition) is 7. The van der Waals surface area contributed by atoms with E-state index in [1.54, 1.807) is 12.1 Å². The van der Waals surface area contributed by atoms with Gasteiger partial charge in [0.25, 0.3) is 5.91 Å². The molecule has 2 aromatic carbocycles. The number of benzene rings is 2. The first-order valence-corrected chi connectivity index (χ1v) is 10.6. The molecule has 0 fully saturated rings. The topological polar surface area (TPSA) is 92.3 Å². The third-order valence-electron chi connectivity index (χ3n) is 4.67. The van der Waals surface area contributed by atoms with Crippen LogP contribution in [0.1, 0.15) is 36.2 Å². The largest absolute Gasteiger partial charge is 0.493 e. The molecule has 32 heavy (non-hydrogen) atoms. The maximum atomic E-state index is 12.4. The summed E-state index contributed by atoms with van der Waals surface area (Å²) >= 11 is 6.28. The summed E-state index contributed by atoms with van der Waals surface area (Å²) in [6.45, 7) is 4.66. The van der Waals surface area contributed by atoms with Crippen LogP contribution in [-0.4, -0.2) is 39.0 Å². The van der Waals surface area contributed by atoms with E-state index in [-0.39, 0.29) is 23.9 Å². The van der Waals surface area contributed by atoms with Gasteiger partial charge in [0.1, 0.15) is 0 Å². The van der Waals surface area contributed by atoms with Crippen molar-refractivity contribution in [1.82, 2.24) is 5.32 Å². The van der Waals surface area contributed by atoms with Crippen LogP contribution in [0.3, 0.4) is 0 Å². The molecule has 1 aliphatic rings. The summed E-state index contributed by atoms with van der Waals surface area (Å²) in [5.74, 6) is 1.32. The van der Waals surface area contributed by atoms with Crippen LogP contribution in [-0.2, 0) is 16.1 Å². The number of fused-ring (bicyclic) bond motifs is 1. The molecule has 0 aliphatic carbocycles. The minimum atomic E-state index is -0.697. The minimum absolute atomic E-state index is 0.159. The fraction of sp³-hybridized carbons (Fsp3) is 0.391. The summed E-state index contributed by atoms with van der Waals surface area (Å²) in [6.07, 6.45) is 0.852. The molecule has 1 aliphatic heterocycles. The van der Waals surface area contributed by atoms with Gasteiger partial charge in [-0.2, -0.15) is 0 Å². The van der Waals surface area contributed by atoms with Crippen LogP contribution in [0, 0.1) is 5.92 Å². The van der Waals surface area contributed by atoms with Crippen molar-refractivity contribution < 1.29 is 33.3 Å². The maximum absolute atomic E-state index is 12.4. The van der Waals surface area contributed by atoms with Crippen molar-refractivity contribution in [1.29, 1.82) is 0 Å². The van der Waals surface area contributed by atoms with Gasteiger partial charge in [0.15, 0.2) is 29.6 Å². The second kappa shape index (κ2) is 10.9. The summed E-state index contributed by atoms with van der Waals surface area (Å²) in [4.78, 5) is 24.5. The van der Waals surface area contributed by atoms with Gasteiger partial charge in [-0.3, -0.25) is 4.79 Å². The molecule has 0 saturated carbocycles. The van der Waals surface area contributed by atoms with E-state index in [0.717, 1.165) is 12.0 Å². The van der Waals surface area contributed by atoms with E-state index in [1.165, 1.54) is 19.2 Å². The molecule has 9 heteroatoms. The van der Waals surface area contributed by atoms with Crippen molar-refractivity contribution in [2.24, 2.45) is 5.92 Å². The zero-order chi connectivity index (χ0) is 23.1. The predicted octanol–water partition coefficient (Wildman–Crippen LogP) is 3.98. The Labute approximate surface area is 191 Å². The normalized spacial score (nSPS) is 11.9. The molecule has 8 nitrogen and oxygen atoms in total. The Morgan fingerprint density at radius 1 is 1.16 bits per heavy atom. The zero-order valence-corrected chi connectivity index (χ0v) is 19.0. The third kappa shape index (κ3) is 6.20. The Bertz CT molecular complexity index is 977. The lowest BCUT2D eigenvalue weighted by Crippen LogP contribution is -2.28. The second-order valence-electron chi connectivity index (χ2n) is 7.56. The minimum Gasteiger partial charge on any atom is -0.493 e. The first-order chi connectivity index (χ1) is 15.4. The van der Waals surface area contributed by atoms with Crippen LogP contribution in [0.25, 0.3) is 0 Å². The van der Waals surface area contributed by atoms with Crippen molar-refractivity contribution in [2.45, 2.75) is 26.8 Å². The van der Waals surface area contributed by atoms with E-state index in [0.29, 0.717) is 35.5 Å². The van der Waals surface area contributed by atoms with E-state index in [4.69, 9.17) is 35.3 Å². The van der Waals surface area contributed by atoms with Crippen LogP contribution in [0.15, 0.2) is 30.3 Å². The number of halogens is 1. The highest BCUT2D eigenvalue weighted by atomic mass is 35.5. The van der Waals surface area contributed by atoms with E-state index in [2.05, 4.69) is 19.2 Å². The average Bonchev–Trinajstić information content (AvgIpc) is 3.24. The number of carbonyl (C=O) groups is 2. The number of rotatable bonds is 10. The predicted molar refractivity (Wildman–Crippen MR) is 118 cm³/mol. The van der Waals surface area contributed by atoms with E-state index >= 15 is 0 Å². The van der Waals surface area contributed by atoms with Crippen LogP contribution >= 0.6 is 11.6 Å². The fourth-order valence-electron chi connectivity index (χ4n) is 2.89. The number of esters is 1. The van der Waals surface area contributed by atoms with Gasteiger partial charge >= 0.3 is 5.97 Å². The highest BCUT2D eigenvalue weighted by Gasteiger charge is 2.18. The quantitative estimate of drug-likeness (QED) is 0.533. The standard InChI is InChI=1S/C23H26ClNO7/c1-14(2)6-7-29-22-17(24)9-16(10-20(22)28-3)23(27)30-12-21(26)25-11-15-4-5-18-19(8-15)32-13-31-18/h4-5,8-10,14H,6-7,11-13H2,1-3H3,(H,25,26). The average molecular weight is 464 g/mol. The number of ether oxygens (including phenoxy) is 5. The Morgan fingerprint density at radius 3 is 2.69 bits per heavy atom. The van der Waals surface area contributed by atoms with Crippen molar-refractivity contribution >= 4 is 23.5 Å². The first-order valence-electron chi connectivity index (χ1n) is 10.2. The molecule has 0 aromatic heterocycles. The fourth-order valence-corrected chi connectivity index (χ4v) is 3.16. The van der Waals surface area contributed by atoms with E-state index < -0.39 is 18.5 Å². The zero-order valence-electron chi connectivity index (χ0n) is 18.2. The lowest BCUT2D eigenvalue weighted by molar-refractivity contribution is -0.124. The molecule has 0 saturated heterocycles. The van der Waals surface area contributed by atoms with Gasteiger partial charge in [-0.1, -0.05) is 31.5 Å². The number of carbonyl (C=O) groups excluding carboxylic acids is 2. The monoisotopic (exact) mass is 463 g/mol. The van der Waals surface area contributed by atoms with Gasteiger partial charge in [-0.05, 0) is 42.2 Å². The summed E-state index contributed by atoms with van der Waals surface area (Å²) in [6, 6.07) is 8.29. The molecule has 0 bridgehead atoms. The number of methoxy groups -OCH3 is 1. The van der Waals surface area contributed by atoms with Gasteiger partial charge in [0, 0.05) is 6.54 Å². The van der Waals surface area contributed by atoms with Crippen LogP contribution in [0.4, 0.5) is 0 Å². The Hall–Kier alpha value is -3.13. The number of nitrogens with one attached hydrogen (secondary N) is 1. The molecule has 0 atom stereocenters. The Morgan fingerprint density at radius 2 is 1.94 bits per heavy atom. The Kier molecular flexibility index (Phi) is 8.05. The molecule has 0 unspecified atom stereocenters. The Balaban J connectivity index is 1.52. The molecule has 3 rings (SSSR count). The molecule has 0 radical (unpaired) electrons. The van der Waals surface area contributed by atoms with E-state index in [9.17, 15) is 9.59 Å². The number of hydrogen-bond donors (Lipinski definition) is 1. The van der Waals surface area contributed by atoms with Gasteiger partial charge in [-0.15, -0.1) is 0 Å². The van der Waals surface area contributed by atoms with Crippen molar-refractivity contribution in [3.05, 3.63) is 46.5 Å². The van der Waals surface area contributed by atoms with E-state index in [1.807, 2.05) is 6.07 Å². The second-order valence-corrected chi connectivity index (χ2v) is 7.97. The highest BCUT2D eigenvalue weighted by Crippen LogP contribution is 2.37. The van der Waals surface area contributed by atoms with Gasteiger partial charge < -0.3 is 29.0 Å². The van der Waals surface area contributed by atoms with Gasteiger partial charge in [0.05, 0.1) is 24.3 Å². The third-order valence-corrected chi connectivity index (χ3v) is 4.95. The molecule has 1 heterocycles. The lowest BCUT2D eigenvalue weighted by atomic mass is 10.1. The maximum Gasteiger partial charge on any atom is 0.338 e. The van der Waals surface area contributed by atoms with Crippen molar-refractivity contribution in [3.8, 4) is 23.0 Å². The van der Waals surface area contributed by atoms with Crippen molar-refractivity contribution in [3.63, 3.8) is 0 Å².